The summed E-state index contributed by atoms with van der Waals surface area (Å²) in [5.41, 5.74) is 6.17. The molecule has 168 valence electrons. The number of H-pyrrole nitrogens is 1. The highest BCUT2D eigenvalue weighted by atomic mass is 16.2. The number of benzene rings is 1. The molecule has 2 aromatic heterocycles. The van der Waals surface area contributed by atoms with Crippen LogP contribution in [0.5, 0.6) is 0 Å². The Kier molecular flexibility index (Phi) is 6.01. The van der Waals surface area contributed by atoms with Crippen LogP contribution in [0, 0.1) is 6.92 Å². The fraction of sp³-hybridized carbons (Fsp3) is 0.481. The smallest absolute Gasteiger partial charge is 0.224 e. The van der Waals surface area contributed by atoms with Crippen LogP contribution in [-0.4, -0.2) is 58.4 Å². The molecule has 32 heavy (non-hydrogen) atoms. The van der Waals surface area contributed by atoms with Crippen LogP contribution in [0.3, 0.4) is 0 Å². The highest BCUT2D eigenvalue weighted by molar-refractivity contribution is 5.98. The number of nitrogens with one attached hydrogen (secondary N) is 1. The lowest BCUT2D eigenvalue weighted by Crippen LogP contribution is -2.44. The predicted molar refractivity (Wildman–Crippen MR) is 130 cm³/mol. The van der Waals surface area contributed by atoms with Gasteiger partial charge in [0.1, 0.15) is 0 Å². The standard InChI is InChI=1S/C27H34N4O/c1-19-8-9-24-23(16-19)26(20-10-12-28-13-11-20)27(29-24)21-6-5-15-31(18-21)25(32)17-22-7-3-4-14-30(22)2/h8-13,16,21-22,29H,3-7,14-15,17-18H2,1-2H3. The summed E-state index contributed by atoms with van der Waals surface area (Å²) in [5, 5.41) is 1.26. The molecule has 2 fully saturated rings. The van der Waals surface area contributed by atoms with Crippen molar-refractivity contribution in [3.05, 3.63) is 54.0 Å². The quantitative estimate of drug-likeness (QED) is 0.625. The minimum atomic E-state index is 0.325. The maximum Gasteiger partial charge on any atom is 0.224 e. The lowest BCUT2D eigenvalue weighted by molar-refractivity contribution is -0.134. The molecule has 2 aliphatic rings. The molecule has 2 saturated heterocycles. The molecule has 2 aliphatic heterocycles. The van der Waals surface area contributed by atoms with Gasteiger partial charge in [-0.25, -0.2) is 0 Å². The normalized spacial score (nSPS) is 22.4. The number of nitrogens with zero attached hydrogens (tertiary/aromatic N) is 3. The Bertz CT molecular complexity index is 1090. The molecule has 3 aromatic rings. The molecule has 1 aromatic carbocycles. The van der Waals surface area contributed by atoms with Gasteiger partial charge in [0, 0.05) is 66.0 Å². The lowest BCUT2D eigenvalue weighted by Gasteiger charge is -2.36. The Morgan fingerprint density at radius 3 is 2.75 bits per heavy atom. The zero-order valence-corrected chi connectivity index (χ0v) is 19.3. The summed E-state index contributed by atoms with van der Waals surface area (Å²) in [7, 11) is 2.17. The molecule has 5 nitrogen and oxygen atoms in total. The van der Waals surface area contributed by atoms with E-state index in [0.717, 1.165) is 38.9 Å². The van der Waals surface area contributed by atoms with E-state index < -0.39 is 0 Å². The van der Waals surface area contributed by atoms with Crippen LogP contribution < -0.4 is 0 Å². The second kappa shape index (κ2) is 9.07. The van der Waals surface area contributed by atoms with E-state index in [1.807, 2.05) is 12.4 Å². The molecule has 0 aliphatic carbocycles. The van der Waals surface area contributed by atoms with E-state index in [0.29, 0.717) is 24.3 Å². The minimum Gasteiger partial charge on any atom is -0.358 e. The molecule has 1 amide bonds. The van der Waals surface area contributed by atoms with E-state index in [1.54, 1.807) is 0 Å². The Morgan fingerprint density at radius 2 is 1.94 bits per heavy atom. The number of pyridine rings is 1. The second-order valence-corrected chi connectivity index (χ2v) is 9.71. The maximum absolute atomic E-state index is 13.2. The first-order chi connectivity index (χ1) is 15.6. The van der Waals surface area contributed by atoms with Crippen LogP contribution in [0.1, 0.15) is 55.7 Å². The van der Waals surface area contributed by atoms with Gasteiger partial charge in [0.05, 0.1) is 0 Å². The molecule has 5 rings (SSSR count). The van der Waals surface area contributed by atoms with Crippen LogP contribution in [0.25, 0.3) is 22.0 Å². The van der Waals surface area contributed by atoms with Crippen LogP contribution in [0.2, 0.25) is 0 Å². The molecule has 2 atom stereocenters. The first-order valence-electron chi connectivity index (χ1n) is 12.1. The number of hydrogen-bond donors (Lipinski definition) is 1. The Balaban J connectivity index is 1.43. The van der Waals surface area contributed by atoms with Crippen molar-refractivity contribution < 1.29 is 4.79 Å². The van der Waals surface area contributed by atoms with E-state index in [2.05, 4.69) is 64.1 Å². The van der Waals surface area contributed by atoms with Gasteiger partial charge in [-0.1, -0.05) is 18.1 Å². The molecule has 5 heteroatoms. The molecular formula is C27H34N4O. The van der Waals surface area contributed by atoms with Crippen LogP contribution in [0.4, 0.5) is 0 Å². The van der Waals surface area contributed by atoms with Gasteiger partial charge in [-0.15, -0.1) is 0 Å². The first-order valence-corrected chi connectivity index (χ1v) is 12.1. The number of carbonyl (C=O) groups is 1. The van der Waals surface area contributed by atoms with Gasteiger partial charge in [-0.05, 0) is 76.0 Å². The Labute approximate surface area is 190 Å². The van der Waals surface area contributed by atoms with Gasteiger partial charge < -0.3 is 14.8 Å². The van der Waals surface area contributed by atoms with E-state index in [1.165, 1.54) is 46.1 Å². The Morgan fingerprint density at radius 1 is 1.09 bits per heavy atom. The molecule has 0 saturated carbocycles. The summed E-state index contributed by atoms with van der Waals surface area (Å²) < 4.78 is 0. The van der Waals surface area contributed by atoms with Crippen molar-refractivity contribution in [1.29, 1.82) is 0 Å². The molecule has 0 spiro atoms. The lowest BCUT2D eigenvalue weighted by atomic mass is 9.89. The zero-order chi connectivity index (χ0) is 22.1. The minimum absolute atomic E-state index is 0.325. The number of piperidine rings is 2. The molecule has 4 heterocycles. The predicted octanol–water partition coefficient (Wildman–Crippen LogP) is 5.12. The van der Waals surface area contributed by atoms with Crippen molar-refractivity contribution in [1.82, 2.24) is 19.8 Å². The molecular weight excluding hydrogens is 396 g/mol. The Hall–Kier alpha value is -2.66. The highest BCUT2D eigenvalue weighted by Crippen LogP contribution is 2.39. The number of fused-ring (bicyclic) bond motifs is 1. The van der Waals surface area contributed by atoms with Crippen molar-refractivity contribution in [2.45, 2.75) is 57.4 Å². The summed E-state index contributed by atoms with van der Waals surface area (Å²) in [6.45, 7) is 4.95. The fourth-order valence-electron chi connectivity index (χ4n) is 5.63. The second-order valence-electron chi connectivity index (χ2n) is 9.71. The third-order valence-corrected chi connectivity index (χ3v) is 7.47. The van der Waals surface area contributed by atoms with Crippen LogP contribution in [0.15, 0.2) is 42.7 Å². The summed E-state index contributed by atoms with van der Waals surface area (Å²) in [6.07, 6.45) is 10.2. The number of hydrogen-bond acceptors (Lipinski definition) is 3. The van der Waals surface area contributed by atoms with E-state index in [-0.39, 0.29) is 0 Å². The molecule has 0 radical (unpaired) electrons. The summed E-state index contributed by atoms with van der Waals surface area (Å²) >= 11 is 0. The SMILES string of the molecule is Cc1ccc2[nH]c(C3CCCN(C(=O)CC4CCCCN4C)C3)c(-c3ccncc3)c2c1. The zero-order valence-electron chi connectivity index (χ0n) is 19.3. The number of aromatic amines is 1. The fourth-order valence-corrected chi connectivity index (χ4v) is 5.63. The average Bonchev–Trinajstić information content (AvgIpc) is 3.20. The summed E-state index contributed by atoms with van der Waals surface area (Å²) in [4.78, 5) is 25.7. The number of carbonyl (C=O) groups excluding carboxylic acids is 1. The molecule has 1 N–H and O–H groups in total. The molecule has 0 bridgehead atoms. The van der Waals surface area contributed by atoms with Gasteiger partial charge in [-0.3, -0.25) is 9.78 Å². The topological polar surface area (TPSA) is 52.2 Å². The number of amides is 1. The number of rotatable bonds is 4. The first kappa shape index (κ1) is 21.2. The van der Waals surface area contributed by atoms with Crippen LogP contribution in [-0.2, 0) is 4.79 Å². The van der Waals surface area contributed by atoms with Gasteiger partial charge in [0.25, 0.3) is 0 Å². The monoisotopic (exact) mass is 430 g/mol. The third kappa shape index (κ3) is 4.18. The number of aryl methyl sites for hydroxylation is 1. The van der Waals surface area contributed by atoms with Crippen molar-refractivity contribution in [3.8, 4) is 11.1 Å². The van der Waals surface area contributed by atoms with Gasteiger partial charge in [0.15, 0.2) is 0 Å². The van der Waals surface area contributed by atoms with E-state index >= 15 is 0 Å². The van der Waals surface area contributed by atoms with Crippen molar-refractivity contribution in [2.75, 3.05) is 26.7 Å². The van der Waals surface area contributed by atoms with E-state index in [9.17, 15) is 4.79 Å². The van der Waals surface area contributed by atoms with Gasteiger partial charge in [-0.2, -0.15) is 0 Å². The maximum atomic E-state index is 13.2. The van der Waals surface area contributed by atoms with Crippen molar-refractivity contribution in [3.63, 3.8) is 0 Å². The summed E-state index contributed by atoms with van der Waals surface area (Å²) in [6, 6.07) is 11.2. The number of aromatic nitrogens is 2. The van der Waals surface area contributed by atoms with Crippen LogP contribution >= 0.6 is 0 Å². The van der Waals surface area contributed by atoms with Crippen molar-refractivity contribution >= 4 is 16.8 Å². The summed E-state index contributed by atoms with van der Waals surface area (Å²) in [5.74, 6) is 0.651. The number of likely N-dealkylation sites (tertiary alicyclic amines) is 2. The van der Waals surface area contributed by atoms with E-state index in [4.69, 9.17) is 0 Å². The largest absolute Gasteiger partial charge is 0.358 e. The van der Waals surface area contributed by atoms with Crippen molar-refractivity contribution in [2.24, 2.45) is 0 Å². The highest BCUT2D eigenvalue weighted by Gasteiger charge is 2.30. The average molecular weight is 431 g/mol. The molecule has 2 unspecified atom stereocenters. The van der Waals surface area contributed by atoms with Gasteiger partial charge >= 0.3 is 0 Å². The van der Waals surface area contributed by atoms with Gasteiger partial charge in [0.2, 0.25) is 5.91 Å². The third-order valence-electron chi connectivity index (χ3n) is 7.47.